The zero-order valence-corrected chi connectivity index (χ0v) is 12.8. The molecule has 0 aliphatic carbocycles. The molecule has 6 nitrogen and oxygen atoms in total. The molecule has 0 atom stereocenters. The first-order chi connectivity index (χ1) is 11.7. The van der Waals surface area contributed by atoms with Crippen LogP contribution in [-0.2, 0) is 4.79 Å². The van der Waals surface area contributed by atoms with Crippen molar-refractivity contribution in [2.75, 3.05) is 11.9 Å². The van der Waals surface area contributed by atoms with Crippen molar-refractivity contribution in [1.82, 2.24) is 4.98 Å². The van der Waals surface area contributed by atoms with Crippen LogP contribution < -0.4 is 5.32 Å². The second-order valence-corrected chi connectivity index (χ2v) is 5.26. The van der Waals surface area contributed by atoms with Gasteiger partial charge in [0.15, 0.2) is 0 Å². The summed E-state index contributed by atoms with van der Waals surface area (Å²) in [4.78, 5) is 14.8. The summed E-state index contributed by atoms with van der Waals surface area (Å²) >= 11 is 0. The Morgan fingerprint density at radius 2 is 2.04 bits per heavy atom. The van der Waals surface area contributed by atoms with Crippen molar-refractivity contribution in [2.45, 2.75) is 12.8 Å². The molecule has 0 bridgehead atoms. The fourth-order valence-corrected chi connectivity index (χ4v) is 2.48. The van der Waals surface area contributed by atoms with E-state index in [2.05, 4.69) is 10.3 Å². The third-order valence-electron chi connectivity index (χ3n) is 3.61. The first kappa shape index (κ1) is 15.6. The number of carboxylic acids is 1. The monoisotopic (exact) mass is 321 g/mol. The number of benzene rings is 2. The number of anilines is 1. The number of carbonyl (C=O) groups is 1. The highest BCUT2D eigenvalue weighted by molar-refractivity contribution is 5.94. The van der Waals surface area contributed by atoms with Crippen LogP contribution in [0.15, 0.2) is 46.9 Å². The van der Waals surface area contributed by atoms with E-state index in [1.165, 1.54) is 0 Å². The summed E-state index contributed by atoms with van der Waals surface area (Å²) in [5, 5.41) is 22.9. The molecule has 2 N–H and O–H groups in total. The molecule has 3 aromatic rings. The van der Waals surface area contributed by atoms with Crippen molar-refractivity contribution in [3.8, 4) is 17.5 Å². The molecule has 0 unspecified atom stereocenters. The highest BCUT2D eigenvalue weighted by Gasteiger charge is 2.16. The lowest BCUT2D eigenvalue weighted by Crippen LogP contribution is -2.05. The fraction of sp³-hybridized carbons (Fsp3) is 0.167. The van der Waals surface area contributed by atoms with E-state index in [1.54, 1.807) is 0 Å². The van der Waals surface area contributed by atoms with Crippen LogP contribution in [-0.4, -0.2) is 22.6 Å². The van der Waals surface area contributed by atoms with Crippen molar-refractivity contribution in [2.24, 2.45) is 0 Å². The summed E-state index contributed by atoms with van der Waals surface area (Å²) in [6, 6.07) is 15.7. The Bertz CT molecular complexity index is 919. The Hall–Kier alpha value is -3.33. The topological polar surface area (TPSA) is 99.2 Å². The van der Waals surface area contributed by atoms with Crippen LogP contribution >= 0.6 is 0 Å². The van der Waals surface area contributed by atoms with Gasteiger partial charge in [0, 0.05) is 18.5 Å². The SMILES string of the molecule is N#Cc1nc(-c2cccc3ccccc23)oc1NCCCC(=O)O. The predicted octanol–water partition coefficient (Wildman–Crippen LogP) is 3.64. The number of hydrogen-bond acceptors (Lipinski definition) is 5. The Kier molecular flexibility index (Phi) is 4.43. The molecule has 0 radical (unpaired) electrons. The van der Waals surface area contributed by atoms with E-state index < -0.39 is 5.97 Å². The second kappa shape index (κ2) is 6.84. The van der Waals surface area contributed by atoms with Gasteiger partial charge in [-0.3, -0.25) is 4.79 Å². The molecular formula is C18H15N3O3. The number of aromatic nitrogens is 1. The van der Waals surface area contributed by atoms with E-state index >= 15 is 0 Å². The van der Waals surface area contributed by atoms with Gasteiger partial charge in [0.2, 0.25) is 17.5 Å². The molecule has 0 saturated heterocycles. The van der Waals surface area contributed by atoms with E-state index in [-0.39, 0.29) is 18.0 Å². The highest BCUT2D eigenvalue weighted by atomic mass is 16.4. The zero-order chi connectivity index (χ0) is 16.9. The number of carboxylic acid groups (broad SMARTS) is 1. The maximum Gasteiger partial charge on any atom is 0.303 e. The quantitative estimate of drug-likeness (QED) is 0.672. The van der Waals surface area contributed by atoms with Gasteiger partial charge in [0.1, 0.15) is 6.07 Å². The summed E-state index contributed by atoms with van der Waals surface area (Å²) in [7, 11) is 0. The normalized spacial score (nSPS) is 10.5. The number of nitrogens with zero attached hydrogens (tertiary/aromatic N) is 2. The zero-order valence-electron chi connectivity index (χ0n) is 12.8. The van der Waals surface area contributed by atoms with Gasteiger partial charge in [-0.25, -0.2) is 0 Å². The summed E-state index contributed by atoms with van der Waals surface area (Å²) < 4.78 is 5.71. The summed E-state index contributed by atoms with van der Waals surface area (Å²) in [6.07, 6.45) is 0.490. The van der Waals surface area contributed by atoms with Gasteiger partial charge in [0.25, 0.3) is 0 Å². The van der Waals surface area contributed by atoms with Gasteiger partial charge < -0.3 is 14.8 Å². The van der Waals surface area contributed by atoms with Crippen LogP contribution in [0.3, 0.4) is 0 Å². The van der Waals surface area contributed by atoms with Crippen LogP contribution in [0.4, 0.5) is 5.88 Å². The number of nitrogens with one attached hydrogen (secondary N) is 1. The second-order valence-electron chi connectivity index (χ2n) is 5.26. The van der Waals surface area contributed by atoms with Crippen molar-refractivity contribution in [3.63, 3.8) is 0 Å². The van der Waals surface area contributed by atoms with Gasteiger partial charge in [0.05, 0.1) is 0 Å². The minimum Gasteiger partial charge on any atom is -0.481 e. The van der Waals surface area contributed by atoms with Crippen molar-refractivity contribution in [1.29, 1.82) is 5.26 Å². The van der Waals surface area contributed by atoms with Gasteiger partial charge >= 0.3 is 5.97 Å². The molecule has 0 aliphatic heterocycles. The van der Waals surface area contributed by atoms with Gasteiger partial charge in [-0.15, -0.1) is 0 Å². The molecule has 6 heteroatoms. The molecule has 120 valence electrons. The third kappa shape index (κ3) is 3.20. The molecule has 0 fully saturated rings. The lowest BCUT2D eigenvalue weighted by molar-refractivity contribution is -0.137. The Morgan fingerprint density at radius 3 is 2.83 bits per heavy atom. The van der Waals surface area contributed by atoms with Gasteiger partial charge in [-0.05, 0) is 23.3 Å². The van der Waals surface area contributed by atoms with E-state index in [0.717, 1.165) is 16.3 Å². The average Bonchev–Trinajstić information content (AvgIpc) is 3.01. The molecule has 2 aromatic carbocycles. The van der Waals surface area contributed by atoms with Gasteiger partial charge in [-0.1, -0.05) is 36.4 Å². The molecule has 0 saturated carbocycles. The van der Waals surface area contributed by atoms with E-state index in [0.29, 0.717) is 18.9 Å². The predicted molar refractivity (Wildman–Crippen MR) is 89.5 cm³/mol. The van der Waals surface area contributed by atoms with Crippen LogP contribution in [0.25, 0.3) is 22.2 Å². The first-order valence-electron chi connectivity index (χ1n) is 7.54. The smallest absolute Gasteiger partial charge is 0.303 e. The maximum atomic E-state index is 10.5. The van der Waals surface area contributed by atoms with Crippen molar-refractivity contribution >= 4 is 22.6 Å². The molecular weight excluding hydrogens is 306 g/mol. The molecule has 24 heavy (non-hydrogen) atoms. The maximum absolute atomic E-state index is 10.5. The first-order valence-corrected chi connectivity index (χ1v) is 7.54. The van der Waals surface area contributed by atoms with Crippen molar-refractivity contribution < 1.29 is 14.3 Å². The lowest BCUT2D eigenvalue weighted by Gasteiger charge is -2.03. The lowest BCUT2D eigenvalue weighted by atomic mass is 10.0. The third-order valence-corrected chi connectivity index (χ3v) is 3.61. The number of hydrogen-bond donors (Lipinski definition) is 2. The van der Waals surface area contributed by atoms with Crippen LogP contribution in [0, 0.1) is 11.3 Å². The number of rotatable bonds is 6. The van der Waals surface area contributed by atoms with E-state index in [4.69, 9.17) is 9.52 Å². The minimum atomic E-state index is -0.855. The molecule has 1 heterocycles. The average molecular weight is 321 g/mol. The Morgan fingerprint density at radius 1 is 1.25 bits per heavy atom. The van der Waals surface area contributed by atoms with Crippen molar-refractivity contribution in [3.05, 3.63) is 48.2 Å². The fourth-order valence-electron chi connectivity index (χ4n) is 2.48. The molecule has 0 spiro atoms. The summed E-state index contributed by atoms with van der Waals surface area (Å²) in [5.41, 5.74) is 0.969. The Labute approximate surface area is 138 Å². The van der Waals surface area contributed by atoms with Gasteiger partial charge in [-0.2, -0.15) is 10.2 Å². The number of fused-ring (bicyclic) bond motifs is 1. The Balaban J connectivity index is 1.89. The summed E-state index contributed by atoms with van der Waals surface area (Å²) in [6.45, 7) is 0.394. The molecule has 3 rings (SSSR count). The number of aliphatic carboxylic acids is 1. The number of nitriles is 1. The number of oxazole rings is 1. The molecule has 1 aromatic heterocycles. The van der Waals surface area contributed by atoms with E-state index in [9.17, 15) is 10.1 Å². The highest BCUT2D eigenvalue weighted by Crippen LogP contribution is 2.31. The largest absolute Gasteiger partial charge is 0.481 e. The summed E-state index contributed by atoms with van der Waals surface area (Å²) in [5.74, 6) is -0.221. The van der Waals surface area contributed by atoms with Crippen LogP contribution in [0.5, 0.6) is 0 Å². The van der Waals surface area contributed by atoms with Crippen LogP contribution in [0.1, 0.15) is 18.5 Å². The standard InChI is InChI=1S/C18H15N3O3/c19-11-15-18(20-10-4-9-16(22)23)24-17(21-15)14-8-3-6-12-5-1-2-7-13(12)14/h1-3,5-8,20H,4,9-10H2,(H,22,23). The van der Waals surface area contributed by atoms with E-state index in [1.807, 2.05) is 48.5 Å². The molecule has 0 aliphatic rings. The van der Waals surface area contributed by atoms with Crippen LogP contribution in [0.2, 0.25) is 0 Å². The minimum absolute atomic E-state index is 0.0548. The molecule has 0 amide bonds.